The van der Waals surface area contributed by atoms with Crippen molar-refractivity contribution in [3.63, 3.8) is 0 Å². The largest absolute Gasteiger partial charge is 0.388 e. The molecule has 0 aliphatic carbocycles. The average Bonchev–Trinajstić information content (AvgIpc) is 2.54. The summed E-state index contributed by atoms with van der Waals surface area (Å²) in [6.07, 6.45) is 3.14. The van der Waals surface area contributed by atoms with Crippen LogP contribution in [0.3, 0.4) is 0 Å². The molecule has 0 amide bonds. The molecule has 1 unspecified atom stereocenters. The summed E-state index contributed by atoms with van der Waals surface area (Å²) in [6.45, 7) is 5.89. The number of nitrogens with zero attached hydrogens (tertiary/aromatic N) is 2. The zero-order valence-electron chi connectivity index (χ0n) is 10.6. The molecule has 0 saturated carbocycles. The van der Waals surface area contributed by atoms with E-state index in [0.29, 0.717) is 16.8 Å². The molecule has 1 aromatic rings. The van der Waals surface area contributed by atoms with E-state index < -0.39 is 0 Å². The first-order valence-corrected chi connectivity index (χ1v) is 6.64. The number of rotatable bonds is 3. The Balaban J connectivity index is 2.03. The number of hydrogen-bond acceptors (Lipinski definition) is 4. The number of thiocarbonyl (C=S) groups is 1. The summed E-state index contributed by atoms with van der Waals surface area (Å²) < 4.78 is 5.64. The molecule has 1 aliphatic heterocycles. The molecule has 1 atom stereocenters. The van der Waals surface area contributed by atoms with Crippen molar-refractivity contribution >= 4 is 17.2 Å². The van der Waals surface area contributed by atoms with Crippen LogP contribution < -0.4 is 5.73 Å². The van der Waals surface area contributed by atoms with Gasteiger partial charge < -0.3 is 10.5 Å². The van der Waals surface area contributed by atoms with Gasteiger partial charge in [-0.2, -0.15) is 0 Å². The van der Waals surface area contributed by atoms with Gasteiger partial charge in [0.2, 0.25) is 0 Å². The monoisotopic (exact) mass is 265 g/mol. The number of pyridine rings is 1. The maximum atomic E-state index is 5.64. The number of aromatic nitrogens is 1. The molecule has 1 saturated heterocycles. The molecule has 0 spiro atoms. The predicted molar refractivity (Wildman–Crippen MR) is 75.4 cm³/mol. The van der Waals surface area contributed by atoms with Crippen LogP contribution in [0.5, 0.6) is 0 Å². The Morgan fingerprint density at radius 2 is 2.50 bits per heavy atom. The van der Waals surface area contributed by atoms with Crippen molar-refractivity contribution < 1.29 is 4.74 Å². The molecule has 2 rings (SSSR count). The lowest BCUT2D eigenvalue weighted by Crippen LogP contribution is -2.29. The molecule has 2 N–H and O–H groups in total. The van der Waals surface area contributed by atoms with Crippen LogP contribution in [0.2, 0.25) is 0 Å². The molecule has 1 aliphatic rings. The Hall–Kier alpha value is -1.04. The summed E-state index contributed by atoms with van der Waals surface area (Å²) >= 11 is 4.95. The van der Waals surface area contributed by atoms with E-state index in [9.17, 15) is 0 Å². The standard InChI is InChI=1S/C13H19N3OS/c1-10-8-16(5-2-6-17-10)9-11-3-4-15-12(7-11)13(14)18/h3-4,7,10H,2,5-6,8-9H2,1H3,(H2,14,18). The third-order valence-corrected chi connectivity index (χ3v) is 3.23. The minimum absolute atomic E-state index is 0.296. The van der Waals surface area contributed by atoms with Gasteiger partial charge in [0, 0.05) is 32.4 Å². The topological polar surface area (TPSA) is 51.4 Å². The summed E-state index contributed by atoms with van der Waals surface area (Å²) in [7, 11) is 0. The maximum Gasteiger partial charge on any atom is 0.122 e. The van der Waals surface area contributed by atoms with Crippen LogP contribution in [0.4, 0.5) is 0 Å². The van der Waals surface area contributed by atoms with Crippen molar-refractivity contribution in [3.05, 3.63) is 29.6 Å². The smallest absolute Gasteiger partial charge is 0.122 e. The first-order valence-electron chi connectivity index (χ1n) is 6.24. The summed E-state index contributed by atoms with van der Waals surface area (Å²) in [6, 6.07) is 3.98. The van der Waals surface area contributed by atoms with Crippen molar-refractivity contribution in [2.75, 3.05) is 19.7 Å². The predicted octanol–water partition coefficient (Wildman–Crippen LogP) is 1.33. The second-order valence-corrected chi connectivity index (χ2v) is 5.12. The van der Waals surface area contributed by atoms with E-state index in [4.69, 9.17) is 22.7 Å². The molecular weight excluding hydrogens is 246 g/mol. The van der Waals surface area contributed by atoms with E-state index in [1.54, 1.807) is 6.20 Å². The molecule has 98 valence electrons. The molecule has 5 heteroatoms. The van der Waals surface area contributed by atoms with Gasteiger partial charge in [-0.3, -0.25) is 9.88 Å². The van der Waals surface area contributed by atoms with E-state index in [0.717, 1.165) is 32.7 Å². The second kappa shape index (κ2) is 6.22. The van der Waals surface area contributed by atoms with Gasteiger partial charge in [0.25, 0.3) is 0 Å². The Labute approximate surface area is 113 Å². The fourth-order valence-electron chi connectivity index (χ4n) is 2.19. The summed E-state index contributed by atoms with van der Waals surface area (Å²) in [5.74, 6) is 0. The highest BCUT2D eigenvalue weighted by atomic mass is 32.1. The first kappa shape index (κ1) is 13.4. The van der Waals surface area contributed by atoms with E-state index in [-0.39, 0.29) is 0 Å². The number of nitrogens with two attached hydrogens (primary N) is 1. The molecule has 2 heterocycles. The van der Waals surface area contributed by atoms with Gasteiger partial charge in [-0.1, -0.05) is 12.2 Å². The summed E-state index contributed by atoms with van der Waals surface area (Å²) in [5.41, 5.74) is 7.49. The zero-order valence-corrected chi connectivity index (χ0v) is 11.4. The van der Waals surface area contributed by atoms with Crippen molar-refractivity contribution in [2.45, 2.75) is 26.0 Å². The van der Waals surface area contributed by atoms with Crippen molar-refractivity contribution in [2.24, 2.45) is 5.73 Å². The normalized spacial score (nSPS) is 21.5. The van der Waals surface area contributed by atoms with Crippen molar-refractivity contribution in [1.82, 2.24) is 9.88 Å². The lowest BCUT2D eigenvalue weighted by atomic mass is 10.2. The average molecular weight is 265 g/mol. The van der Waals surface area contributed by atoms with Crippen LogP contribution >= 0.6 is 12.2 Å². The summed E-state index contributed by atoms with van der Waals surface area (Å²) in [5, 5.41) is 0. The van der Waals surface area contributed by atoms with Gasteiger partial charge in [-0.05, 0) is 31.0 Å². The number of hydrogen-bond donors (Lipinski definition) is 1. The van der Waals surface area contributed by atoms with E-state index in [1.165, 1.54) is 5.56 Å². The minimum atomic E-state index is 0.296. The molecule has 4 nitrogen and oxygen atoms in total. The molecule has 1 aromatic heterocycles. The van der Waals surface area contributed by atoms with Crippen LogP contribution in [0.1, 0.15) is 24.6 Å². The Morgan fingerprint density at radius 3 is 3.28 bits per heavy atom. The fourth-order valence-corrected chi connectivity index (χ4v) is 2.30. The van der Waals surface area contributed by atoms with Crippen molar-refractivity contribution in [3.8, 4) is 0 Å². The highest BCUT2D eigenvalue weighted by molar-refractivity contribution is 7.80. The fraction of sp³-hybridized carbons (Fsp3) is 0.538. The lowest BCUT2D eigenvalue weighted by Gasteiger charge is -2.21. The van der Waals surface area contributed by atoms with Gasteiger partial charge in [0.05, 0.1) is 11.8 Å². The maximum absolute atomic E-state index is 5.64. The summed E-state index contributed by atoms with van der Waals surface area (Å²) in [4.78, 5) is 6.91. The van der Waals surface area contributed by atoms with Gasteiger partial charge in [-0.25, -0.2) is 0 Å². The first-order chi connectivity index (χ1) is 8.65. The molecule has 1 fully saturated rings. The zero-order chi connectivity index (χ0) is 13.0. The SMILES string of the molecule is CC1CN(Cc2ccnc(C(N)=S)c2)CCCO1. The Kier molecular flexibility index (Phi) is 4.63. The van der Waals surface area contributed by atoms with Gasteiger partial charge in [-0.15, -0.1) is 0 Å². The third-order valence-electron chi connectivity index (χ3n) is 3.02. The minimum Gasteiger partial charge on any atom is -0.388 e. The Morgan fingerprint density at radius 1 is 1.67 bits per heavy atom. The lowest BCUT2D eigenvalue weighted by molar-refractivity contribution is 0.0668. The highest BCUT2D eigenvalue weighted by Crippen LogP contribution is 2.11. The molecule has 0 aromatic carbocycles. The van der Waals surface area contributed by atoms with E-state index >= 15 is 0 Å². The number of ether oxygens (including phenoxy) is 1. The molecule has 0 bridgehead atoms. The van der Waals surface area contributed by atoms with Crippen LogP contribution in [0, 0.1) is 0 Å². The van der Waals surface area contributed by atoms with Crippen molar-refractivity contribution in [1.29, 1.82) is 0 Å². The van der Waals surface area contributed by atoms with Crippen LogP contribution in [-0.4, -0.2) is 40.7 Å². The quantitative estimate of drug-likeness (QED) is 0.836. The van der Waals surface area contributed by atoms with Gasteiger partial charge in [0.15, 0.2) is 0 Å². The highest BCUT2D eigenvalue weighted by Gasteiger charge is 2.15. The second-order valence-electron chi connectivity index (χ2n) is 4.68. The molecule has 18 heavy (non-hydrogen) atoms. The van der Waals surface area contributed by atoms with Gasteiger partial charge >= 0.3 is 0 Å². The van der Waals surface area contributed by atoms with Crippen LogP contribution in [0.25, 0.3) is 0 Å². The van der Waals surface area contributed by atoms with Gasteiger partial charge in [0.1, 0.15) is 4.99 Å². The molecular formula is C13H19N3OS. The van der Waals surface area contributed by atoms with Crippen LogP contribution in [-0.2, 0) is 11.3 Å². The Bertz CT molecular complexity index is 424. The van der Waals surface area contributed by atoms with Crippen LogP contribution in [0.15, 0.2) is 18.3 Å². The molecule has 0 radical (unpaired) electrons. The van der Waals surface area contributed by atoms with E-state index in [2.05, 4.69) is 16.8 Å². The van der Waals surface area contributed by atoms with E-state index in [1.807, 2.05) is 12.1 Å². The third kappa shape index (κ3) is 3.73.